The number of hydrogen-bond donors (Lipinski definition) is 3. The standard InChI is InChI=1S/C10H15NO.C9H17NO.2C7H11NO.CH4/c1-7(2)11-9(12)8(3)6-10(11,4)5;1-8(2)5-7(11)6-9(3,4)10-8;2*1-5-4-7(2,3)8-6(5)9;/h1,3,6H2,2,4-5H3;10H,5-6H2,1-4H3;2*1,4H2,2-3H3,(H,8,9);1H4. The van der Waals surface area contributed by atoms with E-state index in [2.05, 4.69) is 70.0 Å². The summed E-state index contributed by atoms with van der Waals surface area (Å²) in [4.78, 5) is 46.1. The number of likely N-dealkylation sites (tertiary alicyclic amines) is 1. The van der Waals surface area contributed by atoms with Crippen LogP contribution in [0.2, 0.25) is 0 Å². The minimum atomic E-state index is -0.139. The maximum Gasteiger partial charge on any atom is 0.253 e. The van der Waals surface area contributed by atoms with Crippen molar-refractivity contribution in [3.05, 3.63) is 48.7 Å². The summed E-state index contributed by atoms with van der Waals surface area (Å²) in [5.74, 6) is 0.395. The molecule has 0 aromatic heterocycles. The number of Topliss-reactive ketones (excluding diaryl/α,β-unsaturated/α-hetero) is 1. The lowest BCUT2D eigenvalue weighted by Gasteiger charge is -2.41. The molecule has 42 heavy (non-hydrogen) atoms. The van der Waals surface area contributed by atoms with E-state index in [0.717, 1.165) is 25.0 Å². The van der Waals surface area contributed by atoms with Crippen molar-refractivity contribution >= 4 is 23.5 Å². The van der Waals surface area contributed by atoms with Gasteiger partial charge in [0.15, 0.2) is 0 Å². The van der Waals surface area contributed by atoms with E-state index >= 15 is 0 Å². The SMILES string of the molecule is C.C=C1CC(C)(C)N(C(=C)C)C1=O.C=C1CC(C)(C)NC1=O.C=C1CC(C)(C)NC1=O.CC1(C)CC(=O)CC(C)(C)N1. The monoisotopic (exact) mass is 586 g/mol. The Bertz CT molecular complexity index is 1040. The van der Waals surface area contributed by atoms with Crippen molar-refractivity contribution in [3.8, 4) is 0 Å². The highest BCUT2D eigenvalue weighted by Gasteiger charge is 2.40. The molecule has 8 nitrogen and oxygen atoms in total. The van der Waals surface area contributed by atoms with Gasteiger partial charge in [-0.1, -0.05) is 33.7 Å². The van der Waals surface area contributed by atoms with Gasteiger partial charge in [0.2, 0.25) is 11.8 Å². The highest BCUT2D eigenvalue weighted by atomic mass is 16.2. The van der Waals surface area contributed by atoms with Crippen LogP contribution in [0, 0.1) is 0 Å². The van der Waals surface area contributed by atoms with E-state index in [1.807, 2.05) is 48.5 Å². The van der Waals surface area contributed by atoms with Crippen LogP contribution in [-0.4, -0.2) is 56.1 Å². The average molecular weight is 587 g/mol. The first-order valence-corrected chi connectivity index (χ1v) is 14.2. The Labute approximate surface area is 255 Å². The molecule has 4 fully saturated rings. The predicted octanol–water partition coefficient (Wildman–Crippen LogP) is 5.90. The third-order valence-corrected chi connectivity index (χ3v) is 6.95. The number of allylic oxidation sites excluding steroid dienone is 1. The van der Waals surface area contributed by atoms with Crippen molar-refractivity contribution in [3.63, 3.8) is 0 Å². The number of nitrogens with zero attached hydrogens (tertiary/aromatic N) is 1. The van der Waals surface area contributed by atoms with E-state index < -0.39 is 0 Å². The van der Waals surface area contributed by atoms with Crippen LogP contribution in [0.4, 0.5) is 0 Å². The van der Waals surface area contributed by atoms with Crippen LogP contribution < -0.4 is 16.0 Å². The highest BCUT2D eigenvalue weighted by molar-refractivity contribution is 5.97. The Morgan fingerprint density at radius 3 is 1.12 bits per heavy atom. The Morgan fingerprint density at radius 1 is 0.619 bits per heavy atom. The molecule has 4 rings (SSSR count). The van der Waals surface area contributed by atoms with Crippen LogP contribution in [-0.2, 0) is 19.2 Å². The molecular weight excluding hydrogens is 528 g/mol. The molecule has 4 heterocycles. The Balaban J connectivity index is 0.000000533. The van der Waals surface area contributed by atoms with Crippen LogP contribution in [0.15, 0.2) is 48.7 Å². The first-order chi connectivity index (χ1) is 18.2. The molecule has 0 unspecified atom stereocenters. The van der Waals surface area contributed by atoms with Crippen molar-refractivity contribution in [1.82, 2.24) is 20.9 Å². The molecule has 3 N–H and O–H groups in total. The normalized spacial score (nSPS) is 24.1. The van der Waals surface area contributed by atoms with E-state index in [4.69, 9.17) is 0 Å². The Kier molecular flexibility index (Phi) is 12.6. The zero-order valence-electron chi connectivity index (χ0n) is 27.4. The van der Waals surface area contributed by atoms with Gasteiger partial charge < -0.3 is 20.9 Å². The zero-order chi connectivity index (χ0) is 32.4. The fourth-order valence-electron chi connectivity index (χ4n) is 5.96. The van der Waals surface area contributed by atoms with Gasteiger partial charge in [-0.2, -0.15) is 0 Å². The quantitative estimate of drug-likeness (QED) is 0.332. The van der Waals surface area contributed by atoms with Crippen molar-refractivity contribution in [2.24, 2.45) is 0 Å². The molecule has 0 saturated carbocycles. The molecule has 238 valence electrons. The first-order valence-electron chi connectivity index (χ1n) is 14.2. The minimum Gasteiger partial charge on any atom is -0.347 e. The summed E-state index contributed by atoms with van der Waals surface area (Å²) in [6.07, 6.45) is 3.60. The lowest BCUT2D eigenvalue weighted by atomic mass is 9.82. The molecule has 0 aromatic rings. The minimum absolute atomic E-state index is 0. The lowest BCUT2D eigenvalue weighted by Crippen LogP contribution is -2.58. The topological polar surface area (TPSA) is 108 Å². The fourth-order valence-corrected chi connectivity index (χ4v) is 5.96. The van der Waals surface area contributed by atoms with Gasteiger partial charge in [0.25, 0.3) is 5.91 Å². The van der Waals surface area contributed by atoms with E-state index in [0.29, 0.717) is 35.3 Å². The number of rotatable bonds is 1. The van der Waals surface area contributed by atoms with Crippen LogP contribution in [0.3, 0.4) is 0 Å². The van der Waals surface area contributed by atoms with Gasteiger partial charge in [-0.05, 0) is 89.0 Å². The summed E-state index contributed by atoms with van der Waals surface area (Å²) in [5.41, 5.74) is 2.58. The fraction of sp³-hybridized carbons (Fsp3) is 0.647. The molecule has 4 aliphatic rings. The van der Waals surface area contributed by atoms with Gasteiger partial charge >= 0.3 is 0 Å². The van der Waals surface area contributed by atoms with Crippen molar-refractivity contribution in [1.29, 1.82) is 0 Å². The molecule has 0 spiro atoms. The predicted molar refractivity (Wildman–Crippen MR) is 174 cm³/mol. The second-order valence-electron chi connectivity index (χ2n) is 15.0. The second-order valence-corrected chi connectivity index (χ2v) is 15.0. The molecule has 0 atom stereocenters. The maximum absolute atomic E-state index is 11.5. The number of carbonyl (C=O) groups is 4. The third-order valence-electron chi connectivity index (χ3n) is 6.95. The van der Waals surface area contributed by atoms with E-state index in [-0.39, 0.29) is 52.8 Å². The molecule has 0 bridgehead atoms. The third kappa shape index (κ3) is 11.7. The summed E-state index contributed by atoms with van der Waals surface area (Å²) in [5, 5.41) is 9.05. The van der Waals surface area contributed by atoms with Crippen LogP contribution in [0.1, 0.15) is 116 Å². The average Bonchev–Trinajstić information content (AvgIpc) is 3.17. The summed E-state index contributed by atoms with van der Waals surface area (Å²) in [7, 11) is 0. The van der Waals surface area contributed by atoms with E-state index in [1.165, 1.54) is 0 Å². The number of nitrogens with one attached hydrogen (secondary N) is 3. The van der Waals surface area contributed by atoms with Crippen molar-refractivity contribution < 1.29 is 19.2 Å². The van der Waals surface area contributed by atoms with Crippen LogP contribution in [0.5, 0.6) is 0 Å². The lowest BCUT2D eigenvalue weighted by molar-refractivity contribution is -0.126. The van der Waals surface area contributed by atoms with Gasteiger partial charge in [-0.3, -0.25) is 19.2 Å². The van der Waals surface area contributed by atoms with E-state index in [1.54, 1.807) is 4.90 Å². The van der Waals surface area contributed by atoms with Crippen LogP contribution in [0.25, 0.3) is 0 Å². The number of amides is 3. The number of carbonyl (C=O) groups excluding carboxylic acids is 4. The summed E-state index contributed by atoms with van der Waals surface area (Å²) >= 11 is 0. The Hall–Kier alpha value is -3.00. The molecule has 4 saturated heterocycles. The molecular formula is C34H58N4O4. The molecule has 3 amide bonds. The number of ketones is 1. The van der Waals surface area contributed by atoms with Crippen molar-refractivity contribution in [2.45, 2.75) is 143 Å². The molecule has 0 radical (unpaired) electrons. The largest absolute Gasteiger partial charge is 0.347 e. The molecule has 0 aliphatic carbocycles. The second kappa shape index (κ2) is 13.5. The van der Waals surface area contributed by atoms with E-state index in [9.17, 15) is 19.2 Å². The maximum atomic E-state index is 11.5. The van der Waals surface area contributed by atoms with Gasteiger partial charge in [-0.15, -0.1) is 0 Å². The number of hydrogen-bond acceptors (Lipinski definition) is 5. The van der Waals surface area contributed by atoms with Gasteiger partial charge in [0.1, 0.15) is 5.78 Å². The smallest absolute Gasteiger partial charge is 0.253 e. The molecule has 8 heteroatoms. The first kappa shape index (κ1) is 39.0. The summed E-state index contributed by atoms with van der Waals surface area (Å²) < 4.78 is 0. The number of piperidine rings is 1. The zero-order valence-corrected chi connectivity index (χ0v) is 27.4. The van der Waals surface area contributed by atoms with Gasteiger partial charge in [0.05, 0.1) is 0 Å². The van der Waals surface area contributed by atoms with Gasteiger partial charge in [-0.25, -0.2) is 0 Å². The van der Waals surface area contributed by atoms with Gasteiger partial charge in [0, 0.05) is 69.4 Å². The molecule has 4 aliphatic heterocycles. The molecule has 0 aromatic carbocycles. The summed E-state index contributed by atoms with van der Waals surface area (Å²) in [6.45, 7) is 36.9. The summed E-state index contributed by atoms with van der Waals surface area (Å²) in [6, 6.07) is 0. The van der Waals surface area contributed by atoms with Crippen molar-refractivity contribution in [2.75, 3.05) is 0 Å². The Morgan fingerprint density at radius 2 is 0.976 bits per heavy atom. The highest BCUT2D eigenvalue weighted by Crippen LogP contribution is 2.34. The van der Waals surface area contributed by atoms with Crippen LogP contribution >= 0.6 is 0 Å².